The number of ketones is 1. The van der Waals surface area contributed by atoms with Crippen LogP contribution in [0.25, 0.3) is 0 Å². The minimum atomic E-state index is -0.524. The lowest BCUT2D eigenvalue weighted by Gasteiger charge is -2.07. The Hall–Kier alpha value is -2.62. The highest BCUT2D eigenvalue weighted by molar-refractivity contribution is 5.94. The minimum Gasteiger partial charge on any atom is -0.444 e. The molecule has 1 N–H and O–H groups in total. The standard InChI is InChI=1S/C16H15NO3/c1-12(18)14-7-9-15(10-8-14)17-16(19)20-11-13-5-3-2-4-6-13/h2-10H,11H2,1H3,(H,17,19). The van der Waals surface area contributed by atoms with Crippen LogP contribution in [0.15, 0.2) is 54.6 Å². The van der Waals surface area contributed by atoms with E-state index < -0.39 is 6.09 Å². The molecule has 0 heterocycles. The number of anilines is 1. The molecule has 1 amide bonds. The van der Waals surface area contributed by atoms with Gasteiger partial charge in [-0.2, -0.15) is 0 Å². The number of nitrogens with one attached hydrogen (secondary N) is 1. The number of carbonyl (C=O) groups is 2. The Balaban J connectivity index is 1.86. The third-order valence-corrected chi connectivity index (χ3v) is 2.75. The van der Waals surface area contributed by atoms with Gasteiger partial charge < -0.3 is 4.74 Å². The Morgan fingerprint density at radius 1 is 1.00 bits per heavy atom. The third kappa shape index (κ3) is 3.95. The topological polar surface area (TPSA) is 55.4 Å². The van der Waals surface area contributed by atoms with Crippen LogP contribution in [-0.2, 0) is 11.3 Å². The number of carbonyl (C=O) groups excluding carboxylic acids is 2. The Morgan fingerprint density at radius 3 is 2.25 bits per heavy atom. The van der Waals surface area contributed by atoms with Crippen molar-refractivity contribution in [3.63, 3.8) is 0 Å². The fraction of sp³-hybridized carbons (Fsp3) is 0.125. The quantitative estimate of drug-likeness (QED) is 0.862. The highest BCUT2D eigenvalue weighted by Gasteiger charge is 2.04. The first kappa shape index (κ1) is 13.8. The van der Waals surface area contributed by atoms with Crippen molar-refractivity contribution in [3.8, 4) is 0 Å². The first-order chi connectivity index (χ1) is 9.65. The van der Waals surface area contributed by atoms with E-state index in [0.717, 1.165) is 5.56 Å². The molecule has 0 atom stereocenters. The van der Waals surface area contributed by atoms with Gasteiger partial charge in [0.15, 0.2) is 5.78 Å². The normalized spacial score (nSPS) is 9.85. The lowest BCUT2D eigenvalue weighted by atomic mass is 10.1. The largest absolute Gasteiger partial charge is 0.444 e. The van der Waals surface area contributed by atoms with Gasteiger partial charge in [-0.05, 0) is 36.8 Å². The van der Waals surface area contributed by atoms with Crippen molar-refractivity contribution in [2.45, 2.75) is 13.5 Å². The van der Waals surface area contributed by atoms with Gasteiger partial charge in [0.25, 0.3) is 0 Å². The average molecular weight is 269 g/mol. The molecule has 102 valence electrons. The van der Waals surface area contributed by atoms with Crippen LogP contribution in [-0.4, -0.2) is 11.9 Å². The van der Waals surface area contributed by atoms with Crippen LogP contribution in [0.2, 0.25) is 0 Å². The summed E-state index contributed by atoms with van der Waals surface area (Å²) in [6.45, 7) is 1.72. The molecule has 2 rings (SSSR count). The zero-order valence-corrected chi connectivity index (χ0v) is 11.1. The lowest BCUT2D eigenvalue weighted by molar-refractivity contribution is 0.101. The molecule has 4 heteroatoms. The molecule has 0 aliphatic carbocycles. The molecular formula is C16H15NO3. The van der Waals surface area contributed by atoms with Crippen LogP contribution in [0.4, 0.5) is 10.5 Å². The van der Waals surface area contributed by atoms with Crippen molar-refractivity contribution >= 4 is 17.6 Å². The summed E-state index contributed by atoms with van der Waals surface area (Å²) in [7, 11) is 0. The van der Waals surface area contributed by atoms with Crippen molar-refractivity contribution in [3.05, 3.63) is 65.7 Å². The van der Waals surface area contributed by atoms with E-state index >= 15 is 0 Å². The number of rotatable bonds is 4. The monoisotopic (exact) mass is 269 g/mol. The van der Waals surface area contributed by atoms with Crippen LogP contribution < -0.4 is 5.32 Å². The van der Waals surface area contributed by atoms with Crippen LogP contribution >= 0.6 is 0 Å². The highest BCUT2D eigenvalue weighted by Crippen LogP contribution is 2.11. The van der Waals surface area contributed by atoms with Gasteiger partial charge in [-0.1, -0.05) is 30.3 Å². The van der Waals surface area contributed by atoms with Crippen molar-refractivity contribution in [2.24, 2.45) is 0 Å². The maximum atomic E-state index is 11.6. The van der Waals surface area contributed by atoms with E-state index in [1.54, 1.807) is 24.3 Å². The number of hydrogen-bond donors (Lipinski definition) is 1. The maximum Gasteiger partial charge on any atom is 0.411 e. The van der Waals surface area contributed by atoms with Crippen LogP contribution in [0.3, 0.4) is 0 Å². The van der Waals surface area contributed by atoms with Gasteiger partial charge >= 0.3 is 6.09 Å². The number of hydrogen-bond acceptors (Lipinski definition) is 3. The van der Waals surface area contributed by atoms with E-state index in [2.05, 4.69) is 5.32 Å². The molecule has 2 aromatic carbocycles. The van der Waals surface area contributed by atoms with E-state index in [9.17, 15) is 9.59 Å². The zero-order chi connectivity index (χ0) is 14.4. The highest BCUT2D eigenvalue weighted by atomic mass is 16.5. The molecule has 0 aromatic heterocycles. The van der Waals surface area contributed by atoms with E-state index in [1.165, 1.54) is 6.92 Å². The van der Waals surface area contributed by atoms with Crippen molar-refractivity contribution < 1.29 is 14.3 Å². The molecule has 0 unspecified atom stereocenters. The first-order valence-electron chi connectivity index (χ1n) is 6.24. The number of amides is 1. The van der Waals surface area contributed by atoms with Crippen molar-refractivity contribution in [2.75, 3.05) is 5.32 Å². The minimum absolute atomic E-state index is 0.0109. The SMILES string of the molecule is CC(=O)c1ccc(NC(=O)OCc2ccccc2)cc1. The predicted molar refractivity (Wildman–Crippen MR) is 76.7 cm³/mol. The Kier molecular flexibility index (Phi) is 4.50. The maximum absolute atomic E-state index is 11.6. The Labute approximate surface area is 117 Å². The van der Waals surface area contributed by atoms with Gasteiger partial charge in [0.05, 0.1) is 0 Å². The lowest BCUT2D eigenvalue weighted by Crippen LogP contribution is -2.13. The Morgan fingerprint density at radius 2 is 1.65 bits per heavy atom. The summed E-state index contributed by atoms with van der Waals surface area (Å²) < 4.78 is 5.09. The van der Waals surface area contributed by atoms with Crippen molar-refractivity contribution in [1.29, 1.82) is 0 Å². The molecule has 0 saturated heterocycles. The van der Waals surface area contributed by atoms with E-state index in [0.29, 0.717) is 11.3 Å². The molecule has 0 aliphatic rings. The molecule has 0 fully saturated rings. The van der Waals surface area contributed by atoms with Crippen molar-refractivity contribution in [1.82, 2.24) is 0 Å². The molecular weight excluding hydrogens is 254 g/mol. The second-order valence-electron chi connectivity index (χ2n) is 4.32. The van der Waals surface area contributed by atoms with E-state index in [-0.39, 0.29) is 12.4 Å². The fourth-order valence-corrected chi connectivity index (χ4v) is 1.67. The second-order valence-corrected chi connectivity index (χ2v) is 4.32. The molecule has 0 radical (unpaired) electrons. The van der Waals surface area contributed by atoms with Gasteiger partial charge in [-0.25, -0.2) is 4.79 Å². The zero-order valence-electron chi connectivity index (χ0n) is 11.1. The van der Waals surface area contributed by atoms with Crippen LogP contribution in [0.1, 0.15) is 22.8 Å². The number of ether oxygens (including phenoxy) is 1. The molecule has 0 aliphatic heterocycles. The summed E-state index contributed by atoms with van der Waals surface area (Å²) in [6, 6.07) is 16.1. The Bertz CT molecular complexity index is 591. The molecule has 0 saturated carbocycles. The molecule has 0 spiro atoms. The fourth-order valence-electron chi connectivity index (χ4n) is 1.67. The molecule has 4 nitrogen and oxygen atoms in total. The first-order valence-corrected chi connectivity index (χ1v) is 6.24. The summed E-state index contributed by atoms with van der Waals surface area (Å²) in [6.07, 6.45) is -0.524. The summed E-state index contributed by atoms with van der Waals surface area (Å²) in [4.78, 5) is 22.7. The van der Waals surface area contributed by atoms with Crippen LogP contribution in [0, 0.1) is 0 Å². The second kappa shape index (κ2) is 6.52. The smallest absolute Gasteiger partial charge is 0.411 e. The third-order valence-electron chi connectivity index (χ3n) is 2.75. The summed E-state index contributed by atoms with van der Waals surface area (Å²) in [5, 5.41) is 2.61. The summed E-state index contributed by atoms with van der Waals surface area (Å²) >= 11 is 0. The van der Waals surface area contributed by atoms with E-state index in [4.69, 9.17) is 4.74 Å². The van der Waals surface area contributed by atoms with Gasteiger partial charge in [-0.3, -0.25) is 10.1 Å². The van der Waals surface area contributed by atoms with Gasteiger partial charge in [0.1, 0.15) is 6.61 Å². The predicted octanol–water partition coefficient (Wildman–Crippen LogP) is 3.64. The van der Waals surface area contributed by atoms with Gasteiger partial charge in [0.2, 0.25) is 0 Å². The summed E-state index contributed by atoms with van der Waals surface area (Å²) in [5.41, 5.74) is 2.12. The van der Waals surface area contributed by atoms with Gasteiger partial charge in [-0.15, -0.1) is 0 Å². The number of Topliss-reactive ketones (excluding diaryl/α,β-unsaturated/α-hetero) is 1. The van der Waals surface area contributed by atoms with E-state index in [1.807, 2.05) is 30.3 Å². The summed E-state index contributed by atoms with van der Waals surface area (Å²) in [5.74, 6) is -0.0109. The molecule has 0 bridgehead atoms. The van der Waals surface area contributed by atoms with Gasteiger partial charge in [0, 0.05) is 11.3 Å². The molecule has 2 aromatic rings. The van der Waals surface area contributed by atoms with Crippen LogP contribution in [0.5, 0.6) is 0 Å². The number of benzene rings is 2. The molecule has 20 heavy (non-hydrogen) atoms. The average Bonchev–Trinajstić information content (AvgIpc) is 2.47.